The highest BCUT2D eigenvalue weighted by atomic mass is 32.2. The van der Waals surface area contributed by atoms with Gasteiger partial charge in [0.1, 0.15) is 0 Å². The quantitative estimate of drug-likeness (QED) is 0.342. The van der Waals surface area contributed by atoms with Gasteiger partial charge in [-0.15, -0.1) is 11.8 Å². The average Bonchev–Trinajstić information content (AvgIpc) is 3.22. The minimum Gasteiger partial charge on any atom is -0.355 e. The molecule has 28 heavy (non-hydrogen) atoms. The van der Waals surface area contributed by atoms with E-state index < -0.39 is 0 Å². The molecular weight excluding hydrogens is 364 g/mol. The molecule has 4 heteroatoms. The van der Waals surface area contributed by atoms with Crippen LogP contribution in [0.2, 0.25) is 0 Å². The number of carbonyl (C=O) groups is 1. The molecule has 0 aromatic heterocycles. The minimum absolute atomic E-state index is 0.0625. The lowest BCUT2D eigenvalue weighted by atomic mass is 10.1. The van der Waals surface area contributed by atoms with Crippen LogP contribution in [-0.4, -0.2) is 24.2 Å². The van der Waals surface area contributed by atoms with E-state index in [9.17, 15) is 4.79 Å². The maximum atomic E-state index is 12.3. The predicted octanol–water partition coefficient (Wildman–Crippen LogP) is 6.21. The van der Waals surface area contributed by atoms with Crippen LogP contribution in [0.3, 0.4) is 0 Å². The fourth-order valence-electron chi connectivity index (χ4n) is 3.74. The first-order valence-electron chi connectivity index (χ1n) is 11.5. The van der Waals surface area contributed by atoms with Crippen molar-refractivity contribution >= 4 is 17.7 Å². The Morgan fingerprint density at radius 2 is 1.50 bits per heavy atom. The van der Waals surface area contributed by atoms with E-state index in [-0.39, 0.29) is 17.3 Å². The summed E-state index contributed by atoms with van der Waals surface area (Å²) in [5.41, 5.74) is 1.25. The number of amides is 1. The smallest absolute Gasteiger partial charge is 0.238 e. The Morgan fingerprint density at radius 1 is 0.929 bits per heavy atom. The molecule has 0 radical (unpaired) electrons. The van der Waals surface area contributed by atoms with Gasteiger partial charge >= 0.3 is 0 Å². The van der Waals surface area contributed by atoms with Crippen LogP contribution in [0.25, 0.3) is 0 Å². The lowest BCUT2D eigenvalue weighted by molar-refractivity contribution is -0.122. The summed E-state index contributed by atoms with van der Waals surface area (Å²) in [5, 5.41) is 6.81. The van der Waals surface area contributed by atoms with Gasteiger partial charge in [0.25, 0.3) is 0 Å². The molecule has 1 aliphatic rings. The van der Waals surface area contributed by atoms with Crippen LogP contribution in [0.4, 0.5) is 0 Å². The monoisotopic (exact) mass is 404 g/mol. The number of rotatable bonds is 15. The van der Waals surface area contributed by atoms with Crippen molar-refractivity contribution in [3.63, 3.8) is 0 Å². The van der Waals surface area contributed by atoms with E-state index in [1.165, 1.54) is 76.2 Å². The molecule has 0 spiro atoms. The number of hydrogen-bond acceptors (Lipinski definition) is 3. The van der Waals surface area contributed by atoms with E-state index in [1.807, 2.05) is 17.8 Å². The molecule has 2 N–H and O–H groups in total. The second-order valence-electron chi connectivity index (χ2n) is 8.02. The fraction of sp³-hybridized carbons (Fsp3) is 0.708. The van der Waals surface area contributed by atoms with Crippen molar-refractivity contribution in [2.75, 3.05) is 12.3 Å². The van der Waals surface area contributed by atoms with Crippen LogP contribution in [0, 0.1) is 0 Å². The van der Waals surface area contributed by atoms with E-state index in [0.717, 1.165) is 18.7 Å². The summed E-state index contributed by atoms with van der Waals surface area (Å²) < 4.78 is 0. The Hall–Kier alpha value is -1.00. The summed E-state index contributed by atoms with van der Waals surface area (Å²) in [6.45, 7) is 3.09. The number of benzene rings is 1. The van der Waals surface area contributed by atoms with Crippen LogP contribution in [0.1, 0.15) is 94.9 Å². The van der Waals surface area contributed by atoms with Crippen molar-refractivity contribution in [1.29, 1.82) is 0 Å². The van der Waals surface area contributed by atoms with Crippen molar-refractivity contribution in [2.24, 2.45) is 0 Å². The largest absolute Gasteiger partial charge is 0.355 e. The summed E-state index contributed by atoms with van der Waals surface area (Å²) in [6, 6.07) is 10.3. The molecule has 1 aromatic carbocycles. The molecule has 1 fully saturated rings. The normalized spacial score (nSPS) is 19.0. The number of hydrogen-bond donors (Lipinski definition) is 2. The van der Waals surface area contributed by atoms with Gasteiger partial charge in [0.05, 0.1) is 11.4 Å². The summed E-state index contributed by atoms with van der Waals surface area (Å²) in [5.74, 6) is 1.01. The number of nitrogens with one attached hydrogen (secondary N) is 2. The van der Waals surface area contributed by atoms with E-state index in [4.69, 9.17) is 0 Å². The van der Waals surface area contributed by atoms with Crippen LogP contribution >= 0.6 is 11.8 Å². The first kappa shape index (κ1) is 23.3. The number of unbranched alkanes of at least 4 members (excludes halogenated alkanes) is 11. The van der Waals surface area contributed by atoms with Crippen LogP contribution in [0.15, 0.2) is 30.3 Å². The second-order valence-corrected chi connectivity index (χ2v) is 9.16. The highest BCUT2D eigenvalue weighted by Gasteiger charge is 2.30. The first-order valence-corrected chi connectivity index (χ1v) is 12.6. The summed E-state index contributed by atoms with van der Waals surface area (Å²) in [6.07, 6.45) is 16.2. The molecule has 0 aliphatic carbocycles. The van der Waals surface area contributed by atoms with Crippen molar-refractivity contribution in [1.82, 2.24) is 10.6 Å². The van der Waals surface area contributed by atoms with Gasteiger partial charge in [0.2, 0.25) is 5.91 Å². The minimum atomic E-state index is -0.0625. The molecule has 1 aliphatic heterocycles. The third kappa shape index (κ3) is 9.47. The molecule has 158 valence electrons. The van der Waals surface area contributed by atoms with Gasteiger partial charge in [-0.25, -0.2) is 0 Å². The van der Waals surface area contributed by atoms with E-state index in [2.05, 4.69) is 41.8 Å². The van der Waals surface area contributed by atoms with Gasteiger partial charge in [-0.3, -0.25) is 10.1 Å². The van der Waals surface area contributed by atoms with Crippen molar-refractivity contribution in [2.45, 2.75) is 95.4 Å². The van der Waals surface area contributed by atoms with Gasteiger partial charge in [0, 0.05) is 12.3 Å². The molecule has 1 amide bonds. The lowest BCUT2D eigenvalue weighted by Gasteiger charge is -2.13. The third-order valence-corrected chi connectivity index (χ3v) is 6.80. The molecule has 3 nitrogen and oxygen atoms in total. The van der Waals surface area contributed by atoms with Crippen LogP contribution < -0.4 is 10.6 Å². The van der Waals surface area contributed by atoms with Gasteiger partial charge < -0.3 is 5.32 Å². The van der Waals surface area contributed by atoms with Crippen LogP contribution in [-0.2, 0) is 4.79 Å². The zero-order chi connectivity index (χ0) is 19.9. The molecule has 2 rings (SSSR count). The molecule has 1 aromatic rings. The highest BCUT2D eigenvalue weighted by molar-refractivity contribution is 7.99. The lowest BCUT2D eigenvalue weighted by Crippen LogP contribution is -2.42. The van der Waals surface area contributed by atoms with Crippen molar-refractivity contribution in [3.05, 3.63) is 35.9 Å². The molecular formula is C24H40N2OS. The first-order chi connectivity index (χ1) is 13.8. The molecule has 2 atom stereocenters. The van der Waals surface area contributed by atoms with Gasteiger partial charge in [-0.05, 0) is 12.0 Å². The topological polar surface area (TPSA) is 41.1 Å². The number of carbonyl (C=O) groups excluding carboxylic acids is 1. The average molecular weight is 405 g/mol. The summed E-state index contributed by atoms with van der Waals surface area (Å²) in [4.78, 5) is 12.3. The van der Waals surface area contributed by atoms with Gasteiger partial charge in [-0.1, -0.05) is 108 Å². The van der Waals surface area contributed by atoms with Crippen molar-refractivity contribution < 1.29 is 4.79 Å². The third-order valence-electron chi connectivity index (χ3n) is 5.53. The standard InChI is InChI=1S/C24H40N2OS/c1-2-3-4-5-6-7-8-9-10-11-12-16-19-25-23(27)22-20-28-24(26-22)21-17-14-13-15-18-21/h13-15,17-18,22,24,26H,2-12,16,19-20H2,1H3,(H,25,27)/t22-,24?/m1/s1. The van der Waals surface area contributed by atoms with Gasteiger partial charge in [-0.2, -0.15) is 0 Å². The predicted molar refractivity (Wildman–Crippen MR) is 123 cm³/mol. The molecule has 1 saturated heterocycles. The Labute approximate surface area is 176 Å². The summed E-state index contributed by atoms with van der Waals surface area (Å²) >= 11 is 1.82. The summed E-state index contributed by atoms with van der Waals surface area (Å²) in [7, 11) is 0. The second kappa shape index (κ2) is 14.9. The Kier molecular flexibility index (Phi) is 12.4. The van der Waals surface area contributed by atoms with E-state index in [1.54, 1.807) is 0 Å². The SMILES string of the molecule is CCCCCCCCCCCCCCNC(=O)[C@H]1CSC(c2ccccc2)N1. The van der Waals surface area contributed by atoms with E-state index in [0.29, 0.717) is 0 Å². The Bertz CT molecular complexity index is 523. The molecule has 0 saturated carbocycles. The van der Waals surface area contributed by atoms with Gasteiger partial charge in [0.15, 0.2) is 0 Å². The Morgan fingerprint density at radius 3 is 2.11 bits per heavy atom. The Balaban J connectivity index is 1.40. The van der Waals surface area contributed by atoms with E-state index >= 15 is 0 Å². The fourth-order valence-corrected chi connectivity index (χ4v) is 4.99. The number of thioether (sulfide) groups is 1. The zero-order valence-corrected chi connectivity index (χ0v) is 18.6. The maximum Gasteiger partial charge on any atom is 0.238 e. The maximum absolute atomic E-state index is 12.3. The zero-order valence-electron chi connectivity index (χ0n) is 17.8. The van der Waals surface area contributed by atoms with Crippen molar-refractivity contribution in [3.8, 4) is 0 Å². The molecule has 1 unspecified atom stereocenters. The van der Waals surface area contributed by atoms with Crippen LogP contribution in [0.5, 0.6) is 0 Å². The highest BCUT2D eigenvalue weighted by Crippen LogP contribution is 2.32. The molecule has 0 bridgehead atoms. The molecule has 1 heterocycles.